The van der Waals surface area contributed by atoms with Crippen molar-refractivity contribution in [2.24, 2.45) is 0 Å². The van der Waals surface area contributed by atoms with Gasteiger partial charge in [-0.1, -0.05) is 43.5 Å². The van der Waals surface area contributed by atoms with Crippen LogP contribution in [0.5, 0.6) is 0 Å². The van der Waals surface area contributed by atoms with Crippen molar-refractivity contribution in [2.75, 3.05) is 39.3 Å². The van der Waals surface area contributed by atoms with Gasteiger partial charge in [-0.3, -0.25) is 4.90 Å². The summed E-state index contributed by atoms with van der Waals surface area (Å²) < 4.78 is 0. The summed E-state index contributed by atoms with van der Waals surface area (Å²) in [5.74, 6) is 0. The average Bonchev–Trinajstić information content (AvgIpc) is 2.50. The van der Waals surface area contributed by atoms with Crippen LogP contribution in [0.3, 0.4) is 0 Å². The summed E-state index contributed by atoms with van der Waals surface area (Å²) in [5.41, 5.74) is 0.949. The molecule has 1 fully saturated rings. The third-order valence-electron chi connectivity index (χ3n) is 4.23. The number of rotatable bonds is 7. The molecular formula is C17H29Cl3N2O. The van der Waals surface area contributed by atoms with E-state index in [1.165, 1.54) is 25.8 Å². The fourth-order valence-corrected chi connectivity index (χ4v) is 2.94. The Labute approximate surface area is 157 Å². The van der Waals surface area contributed by atoms with Crippen molar-refractivity contribution >= 4 is 36.4 Å². The van der Waals surface area contributed by atoms with Crippen molar-refractivity contribution in [1.82, 2.24) is 9.80 Å². The van der Waals surface area contributed by atoms with E-state index in [0.29, 0.717) is 11.6 Å². The number of nitrogens with zero attached hydrogens (tertiary/aromatic N) is 2. The molecule has 1 unspecified atom stereocenters. The quantitative estimate of drug-likeness (QED) is 0.720. The first kappa shape index (κ1) is 23.0. The predicted molar refractivity (Wildman–Crippen MR) is 103 cm³/mol. The number of aliphatic hydroxyl groups excluding tert-OH is 1. The Morgan fingerprint density at radius 1 is 1.00 bits per heavy atom. The lowest BCUT2D eigenvalue weighted by molar-refractivity contribution is 0.0720. The van der Waals surface area contributed by atoms with E-state index in [-0.39, 0.29) is 24.8 Å². The minimum atomic E-state index is -0.422. The summed E-state index contributed by atoms with van der Waals surface area (Å²) in [7, 11) is 0. The Hall–Kier alpha value is -0.0300. The number of unbranched alkanes of at least 4 members (excludes halogenated alkanes) is 2. The molecule has 6 heteroatoms. The van der Waals surface area contributed by atoms with Gasteiger partial charge in [0.1, 0.15) is 0 Å². The number of hydrogen-bond donors (Lipinski definition) is 1. The molecule has 134 valence electrons. The van der Waals surface area contributed by atoms with E-state index < -0.39 is 6.10 Å². The molecule has 2 rings (SSSR count). The van der Waals surface area contributed by atoms with Gasteiger partial charge in [0.25, 0.3) is 0 Å². The highest BCUT2D eigenvalue weighted by molar-refractivity contribution is 6.30. The van der Waals surface area contributed by atoms with Crippen molar-refractivity contribution in [3.8, 4) is 0 Å². The topological polar surface area (TPSA) is 26.7 Å². The SMILES string of the molecule is CCCCCN1CCN(CC(O)c2ccc(Cl)cc2)CC1.Cl.Cl. The molecule has 1 aromatic rings. The van der Waals surface area contributed by atoms with Gasteiger partial charge < -0.3 is 10.0 Å². The van der Waals surface area contributed by atoms with Gasteiger partial charge in [-0.25, -0.2) is 0 Å². The molecule has 0 aromatic heterocycles. The molecule has 1 saturated heterocycles. The zero-order valence-corrected chi connectivity index (χ0v) is 16.2. The van der Waals surface area contributed by atoms with Crippen LogP contribution in [0, 0.1) is 0 Å². The van der Waals surface area contributed by atoms with Crippen molar-refractivity contribution in [3.63, 3.8) is 0 Å². The van der Waals surface area contributed by atoms with Crippen molar-refractivity contribution in [3.05, 3.63) is 34.9 Å². The van der Waals surface area contributed by atoms with E-state index in [1.54, 1.807) is 0 Å². The zero-order valence-electron chi connectivity index (χ0n) is 13.8. The summed E-state index contributed by atoms with van der Waals surface area (Å²) >= 11 is 5.88. The van der Waals surface area contributed by atoms with Crippen LogP contribution in [0.4, 0.5) is 0 Å². The molecule has 0 saturated carbocycles. The Morgan fingerprint density at radius 3 is 2.13 bits per heavy atom. The fourth-order valence-electron chi connectivity index (χ4n) is 2.82. The fraction of sp³-hybridized carbons (Fsp3) is 0.647. The summed E-state index contributed by atoms with van der Waals surface area (Å²) in [6.45, 7) is 8.53. The summed E-state index contributed by atoms with van der Waals surface area (Å²) in [5, 5.41) is 11.0. The van der Waals surface area contributed by atoms with E-state index >= 15 is 0 Å². The third kappa shape index (κ3) is 8.06. The molecular weight excluding hydrogens is 355 g/mol. The number of halogens is 3. The first-order chi connectivity index (χ1) is 10.2. The Bertz CT molecular complexity index is 409. The predicted octanol–water partition coefficient (Wildman–Crippen LogP) is 4.02. The molecule has 1 aliphatic heterocycles. The number of benzene rings is 1. The lowest BCUT2D eigenvalue weighted by Gasteiger charge is -2.35. The molecule has 0 spiro atoms. The van der Waals surface area contributed by atoms with Crippen LogP contribution in [0.1, 0.15) is 37.9 Å². The second-order valence-electron chi connectivity index (χ2n) is 5.92. The number of aliphatic hydroxyl groups is 1. The van der Waals surface area contributed by atoms with Crippen molar-refractivity contribution in [1.29, 1.82) is 0 Å². The van der Waals surface area contributed by atoms with E-state index in [0.717, 1.165) is 31.7 Å². The van der Waals surface area contributed by atoms with Gasteiger partial charge in [-0.15, -0.1) is 24.8 Å². The Balaban J connectivity index is 0.00000242. The smallest absolute Gasteiger partial charge is 0.0916 e. The molecule has 1 N–H and O–H groups in total. The second kappa shape index (κ2) is 12.3. The van der Waals surface area contributed by atoms with Gasteiger partial charge in [-0.05, 0) is 30.7 Å². The maximum Gasteiger partial charge on any atom is 0.0916 e. The molecule has 0 bridgehead atoms. The van der Waals surface area contributed by atoms with Crippen molar-refractivity contribution < 1.29 is 5.11 Å². The highest BCUT2D eigenvalue weighted by atomic mass is 35.5. The van der Waals surface area contributed by atoms with E-state index in [1.807, 2.05) is 24.3 Å². The average molecular weight is 384 g/mol. The Kier molecular flexibility index (Phi) is 12.3. The molecule has 1 aliphatic rings. The minimum Gasteiger partial charge on any atom is -0.387 e. The van der Waals surface area contributed by atoms with Crippen LogP contribution in [0.25, 0.3) is 0 Å². The van der Waals surface area contributed by atoms with Crippen LogP contribution >= 0.6 is 36.4 Å². The standard InChI is InChI=1S/C17H27ClN2O.2ClH/c1-2-3-4-9-19-10-12-20(13-11-19)14-17(21)15-5-7-16(18)8-6-15;;/h5-8,17,21H,2-4,9-14H2,1H3;2*1H. The third-order valence-corrected chi connectivity index (χ3v) is 4.48. The molecule has 23 heavy (non-hydrogen) atoms. The lowest BCUT2D eigenvalue weighted by Crippen LogP contribution is -2.47. The zero-order chi connectivity index (χ0) is 15.1. The van der Waals surface area contributed by atoms with Crippen LogP contribution < -0.4 is 0 Å². The van der Waals surface area contributed by atoms with E-state index in [4.69, 9.17) is 11.6 Å². The molecule has 1 heterocycles. The maximum absolute atomic E-state index is 10.3. The molecule has 0 radical (unpaired) electrons. The summed E-state index contributed by atoms with van der Waals surface area (Å²) in [6, 6.07) is 7.50. The van der Waals surface area contributed by atoms with Crippen LogP contribution in [0.15, 0.2) is 24.3 Å². The van der Waals surface area contributed by atoms with Gasteiger partial charge in [0.2, 0.25) is 0 Å². The second-order valence-corrected chi connectivity index (χ2v) is 6.35. The number of hydrogen-bond acceptors (Lipinski definition) is 3. The van der Waals surface area contributed by atoms with Gasteiger partial charge in [0, 0.05) is 37.7 Å². The number of piperazine rings is 1. The van der Waals surface area contributed by atoms with Gasteiger partial charge in [0.15, 0.2) is 0 Å². The molecule has 1 atom stereocenters. The van der Waals surface area contributed by atoms with Crippen LogP contribution in [0.2, 0.25) is 5.02 Å². The van der Waals surface area contributed by atoms with E-state index in [2.05, 4.69) is 16.7 Å². The lowest BCUT2D eigenvalue weighted by atomic mass is 10.1. The molecule has 3 nitrogen and oxygen atoms in total. The maximum atomic E-state index is 10.3. The minimum absolute atomic E-state index is 0. The molecule has 0 amide bonds. The highest BCUT2D eigenvalue weighted by Gasteiger charge is 2.19. The van der Waals surface area contributed by atoms with Gasteiger partial charge in [-0.2, -0.15) is 0 Å². The molecule has 1 aromatic carbocycles. The number of β-amino-alcohol motifs (C(OH)–C–C–N with tert-alkyl or cyclic N) is 1. The first-order valence-corrected chi connectivity index (χ1v) is 8.45. The molecule has 0 aliphatic carbocycles. The summed E-state index contributed by atoms with van der Waals surface area (Å²) in [6.07, 6.45) is 3.50. The van der Waals surface area contributed by atoms with Gasteiger partial charge in [0.05, 0.1) is 6.10 Å². The van der Waals surface area contributed by atoms with Gasteiger partial charge >= 0.3 is 0 Å². The first-order valence-electron chi connectivity index (χ1n) is 8.07. The normalized spacial score (nSPS) is 17.2. The van der Waals surface area contributed by atoms with E-state index in [9.17, 15) is 5.11 Å². The largest absolute Gasteiger partial charge is 0.387 e. The monoisotopic (exact) mass is 382 g/mol. The summed E-state index contributed by atoms with van der Waals surface area (Å²) in [4.78, 5) is 4.90. The Morgan fingerprint density at radius 2 is 1.57 bits per heavy atom. The highest BCUT2D eigenvalue weighted by Crippen LogP contribution is 2.18. The van der Waals surface area contributed by atoms with Crippen molar-refractivity contribution in [2.45, 2.75) is 32.3 Å². The van der Waals surface area contributed by atoms with Crippen LogP contribution in [-0.4, -0.2) is 54.2 Å². The van der Waals surface area contributed by atoms with Crippen LogP contribution in [-0.2, 0) is 0 Å².